The number of primary amides is 1. The van der Waals surface area contributed by atoms with E-state index in [1.165, 1.54) is 11.8 Å². The van der Waals surface area contributed by atoms with Gasteiger partial charge in [-0.25, -0.2) is 0 Å². The first-order valence-electron chi connectivity index (χ1n) is 6.74. The lowest BCUT2D eigenvalue weighted by Gasteiger charge is -2.19. The van der Waals surface area contributed by atoms with Gasteiger partial charge in [0.2, 0.25) is 11.8 Å². The summed E-state index contributed by atoms with van der Waals surface area (Å²) in [5.41, 5.74) is 8.37. The molecule has 0 aliphatic heterocycles. The SMILES string of the molecule is CC(=O)N(CC(N)=O)Cc1ccc(-c2ccccc2)cc1. The van der Waals surface area contributed by atoms with E-state index in [1.54, 1.807) is 0 Å². The van der Waals surface area contributed by atoms with E-state index < -0.39 is 5.91 Å². The van der Waals surface area contributed by atoms with Crippen molar-refractivity contribution in [2.45, 2.75) is 13.5 Å². The largest absolute Gasteiger partial charge is 0.368 e. The van der Waals surface area contributed by atoms with E-state index in [-0.39, 0.29) is 12.5 Å². The molecule has 4 nitrogen and oxygen atoms in total. The molecule has 0 atom stereocenters. The molecule has 0 heterocycles. The maximum absolute atomic E-state index is 11.5. The molecule has 0 saturated heterocycles. The summed E-state index contributed by atoms with van der Waals surface area (Å²) < 4.78 is 0. The van der Waals surface area contributed by atoms with E-state index in [9.17, 15) is 9.59 Å². The minimum Gasteiger partial charge on any atom is -0.368 e. The molecule has 4 heteroatoms. The number of hydrogen-bond acceptors (Lipinski definition) is 2. The highest BCUT2D eigenvalue weighted by Gasteiger charge is 2.12. The molecule has 2 N–H and O–H groups in total. The van der Waals surface area contributed by atoms with E-state index in [0.29, 0.717) is 6.54 Å². The quantitative estimate of drug-likeness (QED) is 0.913. The normalized spacial score (nSPS) is 10.1. The standard InChI is InChI=1S/C17H18N2O2/c1-13(20)19(12-17(18)21)11-14-7-9-16(10-8-14)15-5-3-2-4-6-15/h2-10H,11-12H2,1H3,(H2,18,21). The fraction of sp³-hybridized carbons (Fsp3) is 0.176. The Bertz CT molecular complexity index is 621. The van der Waals surface area contributed by atoms with Gasteiger partial charge in [-0.3, -0.25) is 9.59 Å². The van der Waals surface area contributed by atoms with Crippen molar-refractivity contribution in [3.63, 3.8) is 0 Å². The minimum absolute atomic E-state index is 0.0598. The molecule has 0 radical (unpaired) electrons. The van der Waals surface area contributed by atoms with E-state index in [1.807, 2.05) is 54.6 Å². The summed E-state index contributed by atoms with van der Waals surface area (Å²) >= 11 is 0. The van der Waals surface area contributed by atoms with Gasteiger partial charge in [0.25, 0.3) is 0 Å². The van der Waals surface area contributed by atoms with Crippen LogP contribution in [0.2, 0.25) is 0 Å². The smallest absolute Gasteiger partial charge is 0.237 e. The van der Waals surface area contributed by atoms with Gasteiger partial charge in [0, 0.05) is 13.5 Å². The van der Waals surface area contributed by atoms with E-state index in [0.717, 1.165) is 16.7 Å². The monoisotopic (exact) mass is 282 g/mol. The lowest BCUT2D eigenvalue weighted by atomic mass is 10.0. The first-order valence-corrected chi connectivity index (χ1v) is 6.74. The average Bonchev–Trinajstić information content (AvgIpc) is 2.48. The van der Waals surface area contributed by atoms with E-state index >= 15 is 0 Å². The first kappa shape index (κ1) is 14.8. The Morgan fingerprint density at radius 1 is 0.952 bits per heavy atom. The van der Waals surface area contributed by atoms with Gasteiger partial charge in [-0.2, -0.15) is 0 Å². The van der Waals surface area contributed by atoms with Gasteiger partial charge in [-0.05, 0) is 16.7 Å². The highest BCUT2D eigenvalue weighted by atomic mass is 16.2. The number of carbonyl (C=O) groups excluding carboxylic acids is 2. The first-order chi connectivity index (χ1) is 10.1. The number of rotatable bonds is 5. The van der Waals surface area contributed by atoms with Crippen LogP contribution in [-0.2, 0) is 16.1 Å². The van der Waals surface area contributed by atoms with E-state index in [2.05, 4.69) is 0 Å². The minimum atomic E-state index is -0.508. The van der Waals surface area contributed by atoms with Crippen molar-refractivity contribution >= 4 is 11.8 Å². The third kappa shape index (κ3) is 4.18. The number of benzene rings is 2. The zero-order chi connectivity index (χ0) is 15.2. The fourth-order valence-corrected chi connectivity index (χ4v) is 2.12. The zero-order valence-corrected chi connectivity index (χ0v) is 12.0. The zero-order valence-electron chi connectivity index (χ0n) is 12.0. The van der Waals surface area contributed by atoms with E-state index in [4.69, 9.17) is 5.73 Å². The van der Waals surface area contributed by atoms with Crippen LogP contribution in [0.15, 0.2) is 54.6 Å². The summed E-state index contributed by atoms with van der Waals surface area (Å²) in [5, 5.41) is 0. The molecule has 0 aromatic heterocycles. The van der Waals surface area contributed by atoms with Crippen LogP contribution >= 0.6 is 0 Å². The molecule has 2 rings (SSSR count). The summed E-state index contributed by atoms with van der Waals surface area (Å²) in [5.74, 6) is -0.674. The number of carbonyl (C=O) groups is 2. The molecule has 0 bridgehead atoms. The van der Waals surface area contributed by atoms with Gasteiger partial charge >= 0.3 is 0 Å². The molecule has 0 unspecified atom stereocenters. The van der Waals surface area contributed by atoms with Crippen molar-refractivity contribution in [3.8, 4) is 11.1 Å². The molecule has 0 aliphatic rings. The molecule has 2 aromatic carbocycles. The number of amides is 2. The molecule has 2 aromatic rings. The van der Waals surface area contributed by atoms with Crippen LogP contribution in [0, 0.1) is 0 Å². The Morgan fingerprint density at radius 3 is 2.05 bits per heavy atom. The van der Waals surface area contributed by atoms with Crippen LogP contribution in [0.25, 0.3) is 11.1 Å². The summed E-state index contributed by atoms with van der Waals surface area (Å²) in [6.07, 6.45) is 0. The second kappa shape index (κ2) is 6.70. The average molecular weight is 282 g/mol. The van der Waals surface area contributed by atoms with Crippen LogP contribution < -0.4 is 5.73 Å². The van der Waals surface area contributed by atoms with Crippen molar-refractivity contribution in [3.05, 3.63) is 60.2 Å². The third-order valence-electron chi connectivity index (χ3n) is 3.23. The molecular formula is C17H18N2O2. The Morgan fingerprint density at radius 2 is 1.52 bits per heavy atom. The summed E-state index contributed by atoms with van der Waals surface area (Å²) in [6, 6.07) is 18.0. The Labute approximate surface area is 124 Å². The maximum atomic E-state index is 11.5. The van der Waals surface area contributed by atoms with Crippen molar-refractivity contribution in [2.24, 2.45) is 5.73 Å². The van der Waals surface area contributed by atoms with Crippen molar-refractivity contribution < 1.29 is 9.59 Å². The number of nitrogens with zero attached hydrogens (tertiary/aromatic N) is 1. The fourth-order valence-electron chi connectivity index (χ4n) is 2.12. The van der Waals surface area contributed by atoms with Crippen LogP contribution in [0.5, 0.6) is 0 Å². The topological polar surface area (TPSA) is 63.4 Å². The summed E-state index contributed by atoms with van der Waals surface area (Å²) in [7, 11) is 0. The van der Waals surface area contributed by atoms with Gasteiger partial charge in [0.15, 0.2) is 0 Å². The Balaban J connectivity index is 2.11. The predicted octanol–water partition coefficient (Wildman–Crippen LogP) is 2.19. The lowest BCUT2D eigenvalue weighted by Crippen LogP contribution is -2.36. The van der Waals surface area contributed by atoms with Crippen LogP contribution in [0.4, 0.5) is 0 Å². The lowest BCUT2D eigenvalue weighted by molar-refractivity contribution is -0.133. The summed E-state index contributed by atoms with van der Waals surface area (Å²) in [4.78, 5) is 23.9. The van der Waals surface area contributed by atoms with Gasteiger partial charge in [0.1, 0.15) is 0 Å². The highest BCUT2D eigenvalue weighted by molar-refractivity contribution is 5.82. The van der Waals surface area contributed by atoms with Gasteiger partial charge in [-0.1, -0.05) is 54.6 Å². The Kier molecular flexibility index (Phi) is 4.72. The molecule has 0 spiro atoms. The molecule has 0 fully saturated rings. The molecule has 2 amide bonds. The van der Waals surface area contributed by atoms with Crippen LogP contribution in [-0.4, -0.2) is 23.3 Å². The number of nitrogens with two attached hydrogens (primary N) is 1. The molecule has 108 valence electrons. The van der Waals surface area contributed by atoms with Crippen molar-refractivity contribution in [2.75, 3.05) is 6.54 Å². The Hall–Kier alpha value is -2.62. The molecular weight excluding hydrogens is 264 g/mol. The van der Waals surface area contributed by atoms with Gasteiger partial charge < -0.3 is 10.6 Å². The summed E-state index contributed by atoms with van der Waals surface area (Å²) in [6.45, 7) is 1.75. The third-order valence-corrected chi connectivity index (χ3v) is 3.23. The molecule has 21 heavy (non-hydrogen) atoms. The van der Waals surface area contributed by atoms with Crippen LogP contribution in [0.3, 0.4) is 0 Å². The van der Waals surface area contributed by atoms with Gasteiger partial charge in [0.05, 0.1) is 6.54 Å². The highest BCUT2D eigenvalue weighted by Crippen LogP contribution is 2.19. The van der Waals surface area contributed by atoms with Crippen molar-refractivity contribution in [1.82, 2.24) is 4.90 Å². The predicted molar refractivity (Wildman–Crippen MR) is 82.2 cm³/mol. The maximum Gasteiger partial charge on any atom is 0.237 e. The second-order valence-electron chi connectivity index (χ2n) is 4.90. The number of hydrogen-bond donors (Lipinski definition) is 1. The van der Waals surface area contributed by atoms with Gasteiger partial charge in [-0.15, -0.1) is 0 Å². The van der Waals surface area contributed by atoms with Crippen LogP contribution in [0.1, 0.15) is 12.5 Å². The van der Waals surface area contributed by atoms with Crippen molar-refractivity contribution in [1.29, 1.82) is 0 Å². The molecule has 0 saturated carbocycles. The molecule has 0 aliphatic carbocycles. The second-order valence-corrected chi connectivity index (χ2v) is 4.90.